The van der Waals surface area contributed by atoms with Crippen LogP contribution in [0.2, 0.25) is 15.1 Å². The Hall–Kier alpha value is -1.62. The van der Waals surface area contributed by atoms with Gasteiger partial charge >= 0.3 is 5.97 Å². The number of nitrogens with two attached hydrogens (primary N) is 1. The Morgan fingerprint density at radius 3 is 2.25 bits per heavy atom. The molecule has 4 N–H and O–H groups in total. The van der Waals surface area contributed by atoms with E-state index in [9.17, 15) is 4.79 Å². The molecule has 20 heavy (non-hydrogen) atoms. The normalized spacial score (nSPS) is 10.3. The molecule has 0 fully saturated rings. The van der Waals surface area contributed by atoms with Crippen LogP contribution in [0, 0.1) is 0 Å². The van der Waals surface area contributed by atoms with Gasteiger partial charge in [-0.25, -0.2) is 4.79 Å². The number of halogens is 3. The number of nitrogens with one attached hydrogen (secondary N) is 1. The van der Waals surface area contributed by atoms with Crippen LogP contribution < -0.4 is 11.1 Å². The smallest absolute Gasteiger partial charge is 0.335 e. The van der Waals surface area contributed by atoms with Crippen molar-refractivity contribution in [1.82, 2.24) is 0 Å². The molecule has 0 aliphatic heterocycles. The van der Waals surface area contributed by atoms with Crippen LogP contribution in [-0.4, -0.2) is 11.1 Å². The number of nitrogen functional groups attached to an aromatic ring is 1. The van der Waals surface area contributed by atoms with Gasteiger partial charge in [-0.2, -0.15) is 0 Å². The highest BCUT2D eigenvalue weighted by molar-refractivity contribution is 6.44. The van der Waals surface area contributed by atoms with Gasteiger partial charge in [0.1, 0.15) is 0 Å². The summed E-state index contributed by atoms with van der Waals surface area (Å²) in [5.41, 5.74) is 7.23. The summed E-state index contributed by atoms with van der Waals surface area (Å²) < 4.78 is 0. The summed E-state index contributed by atoms with van der Waals surface area (Å²) in [6.45, 7) is 0. The quantitative estimate of drug-likeness (QED) is 0.564. The number of anilines is 3. The number of rotatable bonds is 3. The van der Waals surface area contributed by atoms with E-state index in [4.69, 9.17) is 45.6 Å². The van der Waals surface area contributed by atoms with Crippen molar-refractivity contribution in [2.45, 2.75) is 0 Å². The predicted molar refractivity (Wildman–Crippen MR) is 82.6 cm³/mol. The summed E-state index contributed by atoms with van der Waals surface area (Å²) in [6.07, 6.45) is 0. The van der Waals surface area contributed by atoms with E-state index < -0.39 is 5.97 Å². The molecule has 0 radical (unpaired) electrons. The molecule has 0 saturated carbocycles. The first-order valence-electron chi connectivity index (χ1n) is 5.43. The van der Waals surface area contributed by atoms with Crippen LogP contribution in [-0.2, 0) is 0 Å². The largest absolute Gasteiger partial charge is 0.478 e. The van der Waals surface area contributed by atoms with E-state index in [1.54, 1.807) is 12.1 Å². The molecule has 2 aromatic rings. The molecule has 0 atom stereocenters. The summed E-state index contributed by atoms with van der Waals surface area (Å²) in [7, 11) is 0. The van der Waals surface area contributed by atoms with Gasteiger partial charge in [-0.1, -0.05) is 34.8 Å². The Bertz CT molecular complexity index is 690. The Kier molecular flexibility index (Phi) is 4.28. The molecule has 7 heteroatoms. The average molecular weight is 332 g/mol. The second-order valence-corrected chi connectivity index (χ2v) is 5.20. The number of carbonyl (C=O) groups is 1. The molecule has 0 aliphatic carbocycles. The SMILES string of the molecule is Nc1cc(C(=O)O)ccc1Nc1cc(Cl)c(Cl)cc1Cl. The van der Waals surface area contributed by atoms with Crippen molar-refractivity contribution < 1.29 is 9.90 Å². The molecule has 0 unspecified atom stereocenters. The summed E-state index contributed by atoms with van der Waals surface area (Å²) in [5.74, 6) is -1.05. The molecule has 0 aliphatic rings. The zero-order valence-corrected chi connectivity index (χ0v) is 12.2. The van der Waals surface area contributed by atoms with Gasteiger partial charge < -0.3 is 16.2 Å². The van der Waals surface area contributed by atoms with Gasteiger partial charge in [0.05, 0.1) is 37.7 Å². The van der Waals surface area contributed by atoms with Gasteiger partial charge in [-0.3, -0.25) is 0 Å². The molecule has 104 valence electrons. The Labute approximate surface area is 130 Å². The van der Waals surface area contributed by atoms with Crippen molar-refractivity contribution in [2.24, 2.45) is 0 Å². The summed E-state index contributed by atoms with van der Waals surface area (Å²) >= 11 is 17.8. The molecule has 2 rings (SSSR count). The molecule has 0 amide bonds. The highest BCUT2D eigenvalue weighted by Crippen LogP contribution is 2.35. The summed E-state index contributed by atoms with van der Waals surface area (Å²) in [6, 6.07) is 7.42. The number of hydrogen-bond donors (Lipinski definition) is 3. The lowest BCUT2D eigenvalue weighted by Gasteiger charge is -2.12. The van der Waals surface area contributed by atoms with Crippen LogP contribution in [0.5, 0.6) is 0 Å². The van der Waals surface area contributed by atoms with Crippen molar-refractivity contribution in [1.29, 1.82) is 0 Å². The minimum absolute atomic E-state index is 0.105. The summed E-state index contributed by atoms with van der Waals surface area (Å²) in [4.78, 5) is 10.8. The van der Waals surface area contributed by atoms with Gasteiger partial charge in [0.25, 0.3) is 0 Å². The standard InChI is InChI=1S/C13H9Cl3N2O2/c14-7-4-9(16)12(5-8(7)15)18-11-2-1-6(13(19)20)3-10(11)17/h1-5,18H,17H2,(H,19,20). The third-order valence-electron chi connectivity index (χ3n) is 2.58. The van der Waals surface area contributed by atoms with E-state index in [1.165, 1.54) is 18.2 Å². The third kappa shape index (κ3) is 3.10. The number of carboxylic acid groups (broad SMARTS) is 1. The molecule has 0 saturated heterocycles. The van der Waals surface area contributed by atoms with Crippen LogP contribution in [0.15, 0.2) is 30.3 Å². The van der Waals surface area contributed by atoms with E-state index in [1.807, 2.05) is 0 Å². The van der Waals surface area contributed by atoms with Gasteiger partial charge in [0, 0.05) is 0 Å². The molecular weight excluding hydrogens is 323 g/mol. The maximum absolute atomic E-state index is 10.8. The van der Waals surface area contributed by atoms with Crippen molar-refractivity contribution in [3.8, 4) is 0 Å². The van der Waals surface area contributed by atoms with Crippen molar-refractivity contribution in [3.05, 3.63) is 51.0 Å². The van der Waals surface area contributed by atoms with Gasteiger partial charge in [0.2, 0.25) is 0 Å². The van der Waals surface area contributed by atoms with E-state index in [0.29, 0.717) is 26.4 Å². The van der Waals surface area contributed by atoms with Gasteiger partial charge in [-0.15, -0.1) is 0 Å². The third-order valence-corrected chi connectivity index (χ3v) is 3.61. The lowest BCUT2D eigenvalue weighted by molar-refractivity contribution is 0.0697. The average Bonchev–Trinajstić information content (AvgIpc) is 2.37. The van der Waals surface area contributed by atoms with E-state index >= 15 is 0 Å². The topological polar surface area (TPSA) is 75.4 Å². The highest BCUT2D eigenvalue weighted by Gasteiger charge is 2.10. The summed E-state index contributed by atoms with van der Waals surface area (Å²) in [5, 5.41) is 12.9. The molecule has 0 bridgehead atoms. The first kappa shape index (κ1) is 14.8. The minimum Gasteiger partial charge on any atom is -0.478 e. The Balaban J connectivity index is 2.35. The Morgan fingerprint density at radius 1 is 1.00 bits per heavy atom. The molecule has 4 nitrogen and oxygen atoms in total. The molecule has 0 aromatic heterocycles. The fraction of sp³-hybridized carbons (Fsp3) is 0. The van der Waals surface area contributed by atoms with Crippen molar-refractivity contribution in [2.75, 3.05) is 11.1 Å². The van der Waals surface area contributed by atoms with Gasteiger partial charge in [-0.05, 0) is 30.3 Å². The lowest BCUT2D eigenvalue weighted by atomic mass is 10.1. The van der Waals surface area contributed by atoms with E-state index in [-0.39, 0.29) is 11.3 Å². The molecule has 2 aromatic carbocycles. The fourth-order valence-corrected chi connectivity index (χ4v) is 2.17. The maximum Gasteiger partial charge on any atom is 0.335 e. The number of hydrogen-bond acceptors (Lipinski definition) is 3. The second kappa shape index (κ2) is 5.79. The molecule has 0 spiro atoms. The van der Waals surface area contributed by atoms with Crippen molar-refractivity contribution >= 4 is 57.8 Å². The zero-order valence-electron chi connectivity index (χ0n) is 9.95. The highest BCUT2D eigenvalue weighted by atomic mass is 35.5. The van der Waals surface area contributed by atoms with Gasteiger partial charge in [0.15, 0.2) is 0 Å². The van der Waals surface area contributed by atoms with E-state index in [0.717, 1.165) is 0 Å². The van der Waals surface area contributed by atoms with Crippen LogP contribution >= 0.6 is 34.8 Å². The van der Waals surface area contributed by atoms with Crippen LogP contribution in [0.1, 0.15) is 10.4 Å². The maximum atomic E-state index is 10.8. The zero-order chi connectivity index (χ0) is 14.9. The predicted octanol–water partition coefficient (Wildman–Crippen LogP) is 4.67. The molecular formula is C13H9Cl3N2O2. The van der Waals surface area contributed by atoms with Crippen molar-refractivity contribution in [3.63, 3.8) is 0 Å². The number of carboxylic acids is 1. The minimum atomic E-state index is -1.05. The molecule has 0 heterocycles. The fourth-order valence-electron chi connectivity index (χ4n) is 1.57. The van der Waals surface area contributed by atoms with E-state index in [2.05, 4.69) is 5.32 Å². The lowest BCUT2D eigenvalue weighted by Crippen LogP contribution is -2.01. The monoisotopic (exact) mass is 330 g/mol. The second-order valence-electron chi connectivity index (χ2n) is 3.98. The van der Waals surface area contributed by atoms with Crippen LogP contribution in [0.3, 0.4) is 0 Å². The Morgan fingerprint density at radius 2 is 1.65 bits per heavy atom. The number of benzene rings is 2. The first-order valence-corrected chi connectivity index (χ1v) is 6.56. The van der Waals surface area contributed by atoms with Crippen LogP contribution in [0.4, 0.5) is 17.1 Å². The number of aromatic carboxylic acids is 1. The first-order chi connectivity index (χ1) is 9.38. The van der Waals surface area contributed by atoms with Crippen LogP contribution in [0.25, 0.3) is 0 Å².